The number of hydrogen-bond acceptors (Lipinski definition) is 2. The van der Waals surface area contributed by atoms with E-state index in [9.17, 15) is 4.79 Å². The van der Waals surface area contributed by atoms with Gasteiger partial charge in [-0.3, -0.25) is 4.79 Å². The summed E-state index contributed by atoms with van der Waals surface area (Å²) in [6.07, 6.45) is 0. The number of carbonyl (C=O) groups excluding carboxylic acids is 1. The average Bonchev–Trinajstić information content (AvgIpc) is 2.26. The summed E-state index contributed by atoms with van der Waals surface area (Å²) in [6, 6.07) is 5.15. The Labute approximate surface area is 99.4 Å². The second-order valence-electron chi connectivity index (χ2n) is 3.18. The van der Waals surface area contributed by atoms with E-state index in [4.69, 9.17) is 16.7 Å². The van der Waals surface area contributed by atoms with Crippen LogP contribution in [-0.2, 0) is 11.4 Å². The molecule has 0 saturated carbocycles. The molecule has 0 unspecified atom stereocenters. The van der Waals surface area contributed by atoms with Crippen LogP contribution in [0.1, 0.15) is 18.1 Å². The van der Waals surface area contributed by atoms with Crippen molar-refractivity contribution in [1.82, 2.24) is 5.32 Å². The van der Waals surface area contributed by atoms with Crippen LogP contribution < -0.4 is 5.32 Å². The Morgan fingerprint density at radius 1 is 1.56 bits per heavy atom. The zero-order valence-corrected chi connectivity index (χ0v) is 9.64. The predicted octanol–water partition coefficient (Wildman–Crippen LogP) is 1.32. The van der Waals surface area contributed by atoms with Crippen LogP contribution in [0.5, 0.6) is 0 Å². The number of rotatable bonds is 2. The van der Waals surface area contributed by atoms with Gasteiger partial charge in [0.25, 0.3) is 0 Å². The maximum Gasteiger partial charge on any atom is 0.217 e. The van der Waals surface area contributed by atoms with Gasteiger partial charge >= 0.3 is 0 Å². The first-order chi connectivity index (χ1) is 7.63. The SMILES string of the molecule is CC(=O)NCC#Cc1cc(CO)ccc1Cl. The molecule has 0 aromatic heterocycles. The number of nitrogens with one attached hydrogen (secondary N) is 1. The third-order valence-electron chi connectivity index (χ3n) is 1.86. The highest BCUT2D eigenvalue weighted by Crippen LogP contribution is 2.16. The maximum atomic E-state index is 10.6. The van der Waals surface area contributed by atoms with Crippen LogP contribution in [0.4, 0.5) is 0 Å². The van der Waals surface area contributed by atoms with Crippen LogP contribution in [0.25, 0.3) is 0 Å². The zero-order valence-electron chi connectivity index (χ0n) is 8.88. The van der Waals surface area contributed by atoms with Crippen LogP contribution in [0.15, 0.2) is 18.2 Å². The summed E-state index contributed by atoms with van der Waals surface area (Å²) in [6.45, 7) is 1.67. The molecule has 0 aliphatic heterocycles. The van der Waals surface area contributed by atoms with Crippen molar-refractivity contribution in [3.05, 3.63) is 34.3 Å². The zero-order chi connectivity index (χ0) is 12.0. The smallest absolute Gasteiger partial charge is 0.217 e. The number of aliphatic hydroxyl groups is 1. The van der Waals surface area contributed by atoms with Gasteiger partial charge in [-0.25, -0.2) is 0 Å². The molecule has 0 radical (unpaired) electrons. The van der Waals surface area contributed by atoms with Gasteiger partial charge in [-0.15, -0.1) is 0 Å². The van der Waals surface area contributed by atoms with Crippen LogP contribution in [0.2, 0.25) is 5.02 Å². The summed E-state index contributed by atoms with van der Waals surface area (Å²) in [5.74, 6) is 5.49. The molecule has 0 aliphatic carbocycles. The first-order valence-electron chi connectivity index (χ1n) is 4.76. The third kappa shape index (κ3) is 3.93. The lowest BCUT2D eigenvalue weighted by Crippen LogP contribution is -2.19. The molecule has 1 amide bonds. The lowest BCUT2D eigenvalue weighted by Gasteiger charge is -1.99. The van der Waals surface area contributed by atoms with Crippen molar-refractivity contribution in [3.63, 3.8) is 0 Å². The Bertz CT molecular complexity index is 446. The first kappa shape index (κ1) is 12.6. The Balaban J connectivity index is 2.75. The van der Waals surface area contributed by atoms with E-state index in [1.54, 1.807) is 18.2 Å². The van der Waals surface area contributed by atoms with Gasteiger partial charge in [0.2, 0.25) is 5.91 Å². The Kier molecular flexibility index (Phi) is 4.84. The molecule has 0 bridgehead atoms. The van der Waals surface area contributed by atoms with E-state index >= 15 is 0 Å². The fourth-order valence-electron chi connectivity index (χ4n) is 1.07. The minimum Gasteiger partial charge on any atom is -0.392 e. The largest absolute Gasteiger partial charge is 0.392 e. The third-order valence-corrected chi connectivity index (χ3v) is 2.19. The topological polar surface area (TPSA) is 49.3 Å². The van der Waals surface area contributed by atoms with Crippen LogP contribution >= 0.6 is 11.6 Å². The predicted molar refractivity (Wildman–Crippen MR) is 62.9 cm³/mol. The monoisotopic (exact) mass is 237 g/mol. The van der Waals surface area contributed by atoms with Crippen LogP contribution in [0.3, 0.4) is 0 Å². The Morgan fingerprint density at radius 2 is 2.31 bits per heavy atom. The van der Waals surface area contributed by atoms with Gasteiger partial charge in [-0.05, 0) is 17.7 Å². The van der Waals surface area contributed by atoms with Crippen molar-refractivity contribution < 1.29 is 9.90 Å². The van der Waals surface area contributed by atoms with E-state index in [1.165, 1.54) is 6.92 Å². The molecule has 0 spiro atoms. The molecular formula is C12H12ClNO2. The molecule has 0 aliphatic rings. The summed E-state index contributed by atoms with van der Waals surface area (Å²) in [7, 11) is 0. The number of aliphatic hydroxyl groups excluding tert-OH is 1. The van der Waals surface area contributed by atoms with Crippen molar-refractivity contribution in [2.75, 3.05) is 6.54 Å². The Hall–Kier alpha value is -1.50. The van der Waals surface area contributed by atoms with Crippen molar-refractivity contribution in [2.45, 2.75) is 13.5 Å². The molecule has 4 heteroatoms. The fraction of sp³-hybridized carbons (Fsp3) is 0.250. The molecule has 3 nitrogen and oxygen atoms in total. The molecule has 2 N–H and O–H groups in total. The highest BCUT2D eigenvalue weighted by atomic mass is 35.5. The lowest BCUT2D eigenvalue weighted by atomic mass is 10.1. The van der Waals surface area contributed by atoms with Crippen molar-refractivity contribution in [2.24, 2.45) is 0 Å². The number of benzene rings is 1. The first-order valence-corrected chi connectivity index (χ1v) is 5.14. The second kappa shape index (κ2) is 6.16. The summed E-state index contributed by atoms with van der Waals surface area (Å²) in [4.78, 5) is 10.6. The average molecular weight is 238 g/mol. The highest BCUT2D eigenvalue weighted by Gasteiger charge is 1.98. The second-order valence-corrected chi connectivity index (χ2v) is 3.59. The minimum absolute atomic E-state index is 0.0441. The highest BCUT2D eigenvalue weighted by molar-refractivity contribution is 6.31. The molecule has 0 fully saturated rings. The van der Waals surface area contributed by atoms with Gasteiger partial charge in [0.1, 0.15) is 0 Å². The molecule has 0 atom stereocenters. The number of carbonyl (C=O) groups is 1. The van der Waals surface area contributed by atoms with Gasteiger partial charge in [-0.2, -0.15) is 0 Å². The Morgan fingerprint density at radius 3 is 2.94 bits per heavy atom. The van der Waals surface area contributed by atoms with E-state index in [1.807, 2.05) is 0 Å². The van der Waals surface area contributed by atoms with E-state index in [-0.39, 0.29) is 19.1 Å². The standard InChI is InChI=1S/C12H12ClNO2/c1-9(16)14-6-2-3-11-7-10(8-15)4-5-12(11)13/h4-5,7,15H,6,8H2,1H3,(H,14,16). The number of halogens is 1. The molecule has 1 aromatic rings. The molecule has 0 saturated heterocycles. The van der Waals surface area contributed by atoms with Crippen molar-refractivity contribution in [1.29, 1.82) is 0 Å². The molecule has 84 valence electrons. The van der Waals surface area contributed by atoms with E-state index in [0.29, 0.717) is 10.6 Å². The lowest BCUT2D eigenvalue weighted by molar-refractivity contribution is -0.118. The number of amides is 1. The van der Waals surface area contributed by atoms with Gasteiger partial charge in [0.05, 0.1) is 18.2 Å². The van der Waals surface area contributed by atoms with E-state index in [0.717, 1.165) is 5.56 Å². The summed E-state index contributed by atoms with van der Waals surface area (Å²) >= 11 is 5.92. The molecule has 16 heavy (non-hydrogen) atoms. The van der Waals surface area contributed by atoms with E-state index < -0.39 is 0 Å². The van der Waals surface area contributed by atoms with Crippen LogP contribution in [0, 0.1) is 11.8 Å². The maximum absolute atomic E-state index is 10.6. The van der Waals surface area contributed by atoms with Gasteiger partial charge < -0.3 is 10.4 Å². The van der Waals surface area contributed by atoms with Gasteiger partial charge in [-0.1, -0.05) is 29.5 Å². The van der Waals surface area contributed by atoms with E-state index in [2.05, 4.69) is 17.2 Å². The van der Waals surface area contributed by atoms with Crippen LogP contribution in [-0.4, -0.2) is 17.6 Å². The quantitative estimate of drug-likeness (QED) is 0.763. The molecule has 0 heterocycles. The minimum atomic E-state index is -0.121. The summed E-state index contributed by atoms with van der Waals surface area (Å²) in [5, 5.41) is 12.0. The van der Waals surface area contributed by atoms with Crippen molar-refractivity contribution >= 4 is 17.5 Å². The van der Waals surface area contributed by atoms with Gasteiger partial charge in [0, 0.05) is 12.5 Å². The van der Waals surface area contributed by atoms with Crippen molar-refractivity contribution in [3.8, 4) is 11.8 Å². The fourth-order valence-corrected chi connectivity index (χ4v) is 1.24. The molecule has 1 aromatic carbocycles. The normalized spacial score (nSPS) is 9.19. The molecular weight excluding hydrogens is 226 g/mol. The summed E-state index contributed by atoms with van der Waals surface area (Å²) < 4.78 is 0. The summed E-state index contributed by atoms with van der Waals surface area (Å²) in [5.41, 5.74) is 1.41. The molecule has 1 rings (SSSR count). The number of hydrogen-bond donors (Lipinski definition) is 2. The van der Waals surface area contributed by atoms with Gasteiger partial charge in [0.15, 0.2) is 0 Å².